The Morgan fingerprint density at radius 2 is 1.50 bits per heavy atom. The van der Waals surface area contributed by atoms with E-state index in [2.05, 4.69) is 11.7 Å². The first-order chi connectivity index (χ1) is 6.50. The van der Waals surface area contributed by atoms with Crippen LogP contribution in [0.2, 0.25) is 0 Å². The molecule has 0 spiro atoms. The van der Waals surface area contributed by atoms with Gasteiger partial charge in [0.15, 0.2) is 0 Å². The van der Waals surface area contributed by atoms with Gasteiger partial charge < -0.3 is 14.6 Å². The molecule has 0 heterocycles. The van der Waals surface area contributed by atoms with Crippen molar-refractivity contribution in [3.05, 3.63) is 0 Å². The number of ketones is 1. The molecule has 0 aliphatic heterocycles. The van der Waals surface area contributed by atoms with E-state index < -0.39 is 0 Å². The standard InChI is InChI=1S/C6H12O2.C3H6O.CH4O/c1-3-4-5-8-6(2)7;1-3(2)4;1-2/h3-5H2,1-2H3;1-2H3;2H,1H3. The van der Waals surface area contributed by atoms with Gasteiger partial charge in [-0.3, -0.25) is 4.79 Å². The predicted octanol–water partition coefficient (Wildman–Crippen LogP) is 1.55. The monoisotopic (exact) mass is 206 g/mol. The summed E-state index contributed by atoms with van der Waals surface area (Å²) in [6.07, 6.45) is 2.05. The van der Waals surface area contributed by atoms with Crippen LogP contribution in [0, 0.1) is 0 Å². The van der Waals surface area contributed by atoms with Crippen LogP contribution in [0.25, 0.3) is 0 Å². The highest BCUT2D eigenvalue weighted by atomic mass is 16.5. The molecule has 0 atom stereocenters. The highest BCUT2D eigenvalue weighted by molar-refractivity contribution is 5.72. The number of rotatable bonds is 3. The fourth-order valence-corrected chi connectivity index (χ4v) is 0.360. The maximum absolute atomic E-state index is 10.1. The number of hydrogen-bond acceptors (Lipinski definition) is 4. The van der Waals surface area contributed by atoms with Crippen LogP contribution in [0.1, 0.15) is 40.5 Å². The predicted molar refractivity (Wildman–Crippen MR) is 56.0 cm³/mol. The number of carbonyl (C=O) groups excluding carboxylic acids is 2. The quantitative estimate of drug-likeness (QED) is 0.562. The highest BCUT2D eigenvalue weighted by Crippen LogP contribution is 1.86. The summed E-state index contributed by atoms with van der Waals surface area (Å²) in [5, 5.41) is 7.00. The van der Waals surface area contributed by atoms with Gasteiger partial charge in [0, 0.05) is 14.0 Å². The molecule has 1 N–H and O–H groups in total. The lowest BCUT2D eigenvalue weighted by Gasteiger charge is -1.96. The number of aliphatic hydroxyl groups is 1. The number of hydrogen-bond donors (Lipinski definition) is 1. The number of ether oxygens (including phenoxy) is 1. The lowest BCUT2D eigenvalue weighted by atomic mass is 10.4. The normalized spacial score (nSPS) is 7.29. The second-order valence-corrected chi connectivity index (χ2v) is 2.60. The van der Waals surface area contributed by atoms with E-state index in [1.54, 1.807) is 0 Å². The molecular weight excluding hydrogens is 184 g/mol. The van der Waals surface area contributed by atoms with Crippen molar-refractivity contribution in [1.82, 2.24) is 0 Å². The zero-order chi connectivity index (χ0) is 12.0. The van der Waals surface area contributed by atoms with Gasteiger partial charge in [-0.15, -0.1) is 0 Å². The first-order valence-electron chi connectivity index (χ1n) is 4.56. The van der Waals surface area contributed by atoms with Crippen LogP contribution in [-0.4, -0.2) is 30.6 Å². The van der Waals surface area contributed by atoms with Crippen LogP contribution in [0.5, 0.6) is 0 Å². The molecule has 0 fully saturated rings. The lowest BCUT2D eigenvalue weighted by Crippen LogP contribution is -1.99. The third-order valence-electron chi connectivity index (χ3n) is 0.803. The molecule has 0 aromatic heterocycles. The van der Waals surface area contributed by atoms with Crippen molar-refractivity contribution in [3.8, 4) is 0 Å². The molecule has 0 aromatic carbocycles. The minimum Gasteiger partial charge on any atom is -0.466 e. The van der Waals surface area contributed by atoms with Gasteiger partial charge in [0.2, 0.25) is 0 Å². The van der Waals surface area contributed by atoms with E-state index in [1.807, 2.05) is 0 Å². The van der Waals surface area contributed by atoms with Gasteiger partial charge in [-0.2, -0.15) is 0 Å². The Balaban J connectivity index is -0.000000170. The Morgan fingerprint density at radius 1 is 1.14 bits per heavy atom. The van der Waals surface area contributed by atoms with Crippen LogP contribution in [0.3, 0.4) is 0 Å². The van der Waals surface area contributed by atoms with E-state index in [0.29, 0.717) is 6.61 Å². The third kappa shape index (κ3) is 67.4. The van der Waals surface area contributed by atoms with Crippen molar-refractivity contribution < 1.29 is 19.4 Å². The molecule has 0 radical (unpaired) electrons. The number of Topliss-reactive ketones (excluding diaryl/α,β-unsaturated/α-hetero) is 1. The highest BCUT2D eigenvalue weighted by Gasteiger charge is 1.88. The number of aliphatic hydroxyl groups excluding tert-OH is 1. The molecule has 0 aliphatic carbocycles. The van der Waals surface area contributed by atoms with E-state index in [0.717, 1.165) is 20.0 Å². The summed E-state index contributed by atoms with van der Waals surface area (Å²) in [4.78, 5) is 19.5. The average molecular weight is 206 g/mol. The van der Waals surface area contributed by atoms with Crippen molar-refractivity contribution in [1.29, 1.82) is 0 Å². The van der Waals surface area contributed by atoms with E-state index in [-0.39, 0.29) is 11.8 Å². The molecule has 0 unspecified atom stereocenters. The maximum atomic E-state index is 10.1. The van der Waals surface area contributed by atoms with Crippen LogP contribution < -0.4 is 0 Å². The van der Waals surface area contributed by atoms with Gasteiger partial charge in [0.05, 0.1) is 6.61 Å². The van der Waals surface area contributed by atoms with Gasteiger partial charge in [-0.25, -0.2) is 0 Å². The van der Waals surface area contributed by atoms with Gasteiger partial charge in [-0.1, -0.05) is 13.3 Å². The SMILES string of the molecule is CC(C)=O.CCCCOC(C)=O.CO. The summed E-state index contributed by atoms with van der Waals surface area (Å²) < 4.78 is 4.64. The molecule has 0 saturated heterocycles. The largest absolute Gasteiger partial charge is 0.466 e. The number of esters is 1. The Bertz CT molecular complexity index is 128. The molecule has 0 aliphatic rings. The van der Waals surface area contributed by atoms with Crippen molar-refractivity contribution in [3.63, 3.8) is 0 Å². The number of unbranched alkanes of at least 4 members (excludes halogenated alkanes) is 1. The summed E-state index contributed by atoms with van der Waals surface area (Å²) in [6, 6.07) is 0. The minimum atomic E-state index is -0.182. The van der Waals surface area contributed by atoms with E-state index in [9.17, 15) is 9.59 Å². The summed E-state index contributed by atoms with van der Waals surface area (Å²) in [5.74, 6) is -0.0153. The zero-order valence-corrected chi connectivity index (χ0v) is 9.79. The Labute approximate surface area is 86.3 Å². The third-order valence-corrected chi connectivity index (χ3v) is 0.803. The molecule has 0 bridgehead atoms. The van der Waals surface area contributed by atoms with Gasteiger partial charge in [0.1, 0.15) is 5.78 Å². The second-order valence-electron chi connectivity index (χ2n) is 2.60. The first kappa shape index (κ1) is 18.8. The summed E-state index contributed by atoms with van der Waals surface area (Å²) >= 11 is 0. The Morgan fingerprint density at radius 3 is 1.71 bits per heavy atom. The fourth-order valence-electron chi connectivity index (χ4n) is 0.360. The number of carbonyl (C=O) groups is 2. The minimum absolute atomic E-state index is 0.167. The zero-order valence-electron chi connectivity index (χ0n) is 9.79. The second kappa shape index (κ2) is 18.0. The smallest absolute Gasteiger partial charge is 0.302 e. The molecule has 0 saturated carbocycles. The first-order valence-corrected chi connectivity index (χ1v) is 4.56. The molecule has 14 heavy (non-hydrogen) atoms. The molecule has 0 aromatic rings. The van der Waals surface area contributed by atoms with Gasteiger partial charge in [-0.05, 0) is 20.3 Å². The van der Waals surface area contributed by atoms with Crippen LogP contribution in [-0.2, 0) is 14.3 Å². The molecule has 4 nitrogen and oxygen atoms in total. The molecule has 0 rings (SSSR count). The molecule has 0 amide bonds. The van der Waals surface area contributed by atoms with Crippen molar-refractivity contribution >= 4 is 11.8 Å². The topological polar surface area (TPSA) is 63.6 Å². The fraction of sp³-hybridized carbons (Fsp3) is 0.800. The van der Waals surface area contributed by atoms with Gasteiger partial charge >= 0.3 is 5.97 Å². The van der Waals surface area contributed by atoms with Crippen molar-refractivity contribution in [2.24, 2.45) is 0 Å². The molecule has 4 heteroatoms. The summed E-state index contributed by atoms with van der Waals surface area (Å²) in [5.41, 5.74) is 0. The van der Waals surface area contributed by atoms with Crippen molar-refractivity contribution in [2.45, 2.75) is 40.5 Å². The van der Waals surface area contributed by atoms with E-state index >= 15 is 0 Å². The summed E-state index contributed by atoms with van der Waals surface area (Å²) in [6.45, 7) is 7.12. The average Bonchev–Trinajstić information content (AvgIpc) is 2.07. The van der Waals surface area contributed by atoms with Crippen LogP contribution in [0.15, 0.2) is 0 Å². The Hall–Kier alpha value is -0.900. The lowest BCUT2D eigenvalue weighted by molar-refractivity contribution is -0.141. The molecule has 86 valence electrons. The molecular formula is C10H22O4. The van der Waals surface area contributed by atoms with Gasteiger partial charge in [0.25, 0.3) is 0 Å². The Kier molecular flexibility index (Phi) is 24.2. The van der Waals surface area contributed by atoms with E-state index in [4.69, 9.17) is 5.11 Å². The van der Waals surface area contributed by atoms with Crippen LogP contribution in [0.4, 0.5) is 0 Å². The van der Waals surface area contributed by atoms with Crippen LogP contribution >= 0.6 is 0 Å². The van der Waals surface area contributed by atoms with E-state index in [1.165, 1.54) is 20.8 Å². The van der Waals surface area contributed by atoms with Crippen molar-refractivity contribution in [2.75, 3.05) is 13.7 Å². The maximum Gasteiger partial charge on any atom is 0.302 e. The summed E-state index contributed by atoms with van der Waals surface area (Å²) in [7, 11) is 1.00.